The summed E-state index contributed by atoms with van der Waals surface area (Å²) < 4.78 is 0. The molecule has 156 valence electrons. The number of phenolic OH excluding ortho intramolecular Hbond substituents is 1. The second-order valence-electron chi connectivity index (χ2n) is 7.84. The molecule has 1 saturated carbocycles. The second-order valence-corrected chi connectivity index (χ2v) is 9.00. The van der Waals surface area contributed by atoms with Gasteiger partial charge < -0.3 is 15.5 Å². The van der Waals surface area contributed by atoms with Crippen molar-refractivity contribution in [3.63, 3.8) is 0 Å². The topological polar surface area (TPSA) is 82.5 Å². The van der Waals surface area contributed by atoms with Gasteiger partial charge in [-0.15, -0.1) is 11.3 Å². The van der Waals surface area contributed by atoms with Crippen molar-refractivity contribution in [1.29, 1.82) is 0 Å². The average molecular weight is 423 g/mol. The number of aryl methyl sites for hydroxylation is 1. The summed E-state index contributed by atoms with van der Waals surface area (Å²) in [4.78, 5) is 18.8. The highest BCUT2D eigenvalue weighted by molar-refractivity contribution is 7.15. The minimum absolute atomic E-state index is 0.102. The second kappa shape index (κ2) is 8.88. The van der Waals surface area contributed by atoms with Crippen LogP contribution in [0, 0.1) is 5.92 Å². The Morgan fingerprint density at radius 1 is 1.13 bits per heavy atom. The molecule has 0 bridgehead atoms. The summed E-state index contributed by atoms with van der Waals surface area (Å²) in [7, 11) is 0. The number of benzene rings is 1. The molecule has 2 atom stereocenters. The van der Waals surface area contributed by atoms with Crippen LogP contribution >= 0.6 is 11.3 Å². The minimum Gasteiger partial charge on any atom is -0.508 e. The first-order chi connectivity index (χ1) is 14.5. The van der Waals surface area contributed by atoms with E-state index in [0.29, 0.717) is 6.42 Å². The van der Waals surface area contributed by atoms with Crippen molar-refractivity contribution in [2.24, 2.45) is 5.92 Å². The lowest BCUT2D eigenvalue weighted by Crippen LogP contribution is -2.31. The van der Waals surface area contributed by atoms with Crippen molar-refractivity contribution in [3.05, 3.63) is 53.4 Å². The minimum atomic E-state index is -0.710. The summed E-state index contributed by atoms with van der Waals surface area (Å²) in [5, 5.41) is 22.5. The Balaban J connectivity index is 1.68. The number of nitrogens with zero attached hydrogens (tertiary/aromatic N) is 1. The number of carboxylic acids is 1. The van der Waals surface area contributed by atoms with E-state index < -0.39 is 5.97 Å². The number of anilines is 1. The van der Waals surface area contributed by atoms with Crippen LogP contribution in [0.15, 0.2) is 48.5 Å². The molecule has 2 heterocycles. The molecular formula is C24H26N2O3S. The highest BCUT2D eigenvalue weighted by Crippen LogP contribution is 2.34. The molecule has 1 aromatic carbocycles. The van der Waals surface area contributed by atoms with Gasteiger partial charge in [-0.3, -0.25) is 4.79 Å². The van der Waals surface area contributed by atoms with Gasteiger partial charge in [0.15, 0.2) is 0 Å². The van der Waals surface area contributed by atoms with Crippen molar-refractivity contribution in [1.82, 2.24) is 4.98 Å². The molecule has 30 heavy (non-hydrogen) atoms. The number of aromatic hydroxyl groups is 1. The van der Waals surface area contributed by atoms with Gasteiger partial charge >= 0.3 is 5.97 Å². The predicted octanol–water partition coefficient (Wildman–Crippen LogP) is 5.80. The van der Waals surface area contributed by atoms with E-state index in [-0.39, 0.29) is 17.7 Å². The van der Waals surface area contributed by atoms with E-state index in [1.165, 1.54) is 9.75 Å². The molecule has 0 aliphatic heterocycles. The van der Waals surface area contributed by atoms with E-state index in [1.807, 2.05) is 12.1 Å². The first-order valence-corrected chi connectivity index (χ1v) is 11.2. The number of carbonyl (C=O) groups is 1. The fourth-order valence-electron chi connectivity index (χ4n) is 4.00. The maximum Gasteiger partial charge on any atom is 0.306 e. The van der Waals surface area contributed by atoms with Crippen LogP contribution < -0.4 is 5.32 Å². The number of aromatic nitrogens is 1. The Labute approximate surface area is 180 Å². The Kier molecular flexibility index (Phi) is 6.04. The monoisotopic (exact) mass is 422 g/mol. The van der Waals surface area contributed by atoms with E-state index in [2.05, 4.69) is 36.5 Å². The zero-order valence-electron chi connectivity index (χ0n) is 17.0. The molecule has 0 amide bonds. The van der Waals surface area contributed by atoms with Crippen LogP contribution in [0.25, 0.3) is 21.7 Å². The number of phenols is 1. The fraction of sp³-hybridized carbons (Fsp3) is 0.333. The first kappa shape index (κ1) is 20.4. The molecule has 4 rings (SSSR count). The van der Waals surface area contributed by atoms with E-state index in [4.69, 9.17) is 4.98 Å². The summed E-state index contributed by atoms with van der Waals surface area (Å²) in [5.74, 6) is -0.0156. The largest absolute Gasteiger partial charge is 0.508 e. The van der Waals surface area contributed by atoms with Gasteiger partial charge in [0.2, 0.25) is 0 Å². The molecule has 6 heteroatoms. The molecular weight excluding hydrogens is 396 g/mol. The maximum atomic E-state index is 11.4. The zero-order valence-corrected chi connectivity index (χ0v) is 17.8. The van der Waals surface area contributed by atoms with Crippen molar-refractivity contribution in [3.8, 4) is 27.4 Å². The van der Waals surface area contributed by atoms with Gasteiger partial charge in [0.1, 0.15) is 11.6 Å². The van der Waals surface area contributed by atoms with Crippen LogP contribution in [0.2, 0.25) is 0 Å². The third-order valence-electron chi connectivity index (χ3n) is 5.66. The number of carboxylic acid groups (broad SMARTS) is 1. The number of rotatable bonds is 6. The highest BCUT2D eigenvalue weighted by Gasteiger charge is 2.27. The summed E-state index contributed by atoms with van der Waals surface area (Å²) >= 11 is 1.78. The predicted molar refractivity (Wildman–Crippen MR) is 121 cm³/mol. The Morgan fingerprint density at radius 2 is 1.93 bits per heavy atom. The lowest BCUT2D eigenvalue weighted by atomic mass is 9.86. The van der Waals surface area contributed by atoms with Crippen molar-refractivity contribution in [2.75, 3.05) is 5.32 Å². The molecule has 0 radical (unpaired) electrons. The summed E-state index contributed by atoms with van der Waals surface area (Å²) in [6, 6.07) is 15.6. The standard InChI is InChI=1S/C24H26N2O3S/c1-2-20-10-11-22(30-20)17-13-21(15-6-8-19(27)9-7-15)26-23(14-17)25-18-5-3-4-16(12-18)24(28)29/h6-11,13-14,16,18,27H,2-5,12H2,1H3,(H,25,26)(H,28,29). The van der Waals surface area contributed by atoms with Crippen LogP contribution in [0.3, 0.4) is 0 Å². The van der Waals surface area contributed by atoms with Gasteiger partial charge in [-0.2, -0.15) is 0 Å². The van der Waals surface area contributed by atoms with E-state index in [9.17, 15) is 15.0 Å². The van der Waals surface area contributed by atoms with E-state index >= 15 is 0 Å². The third-order valence-corrected chi connectivity index (χ3v) is 6.94. The zero-order chi connectivity index (χ0) is 21.1. The van der Waals surface area contributed by atoms with Gasteiger partial charge in [-0.05, 0) is 79.8 Å². The van der Waals surface area contributed by atoms with Crippen LogP contribution in [-0.2, 0) is 11.2 Å². The molecule has 0 spiro atoms. The van der Waals surface area contributed by atoms with Crippen molar-refractivity contribution >= 4 is 23.1 Å². The van der Waals surface area contributed by atoms with Crippen molar-refractivity contribution in [2.45, 2.75) is 45.1 Å². The Hall–Kier alpha value is -2.86. The quantitative estimate of drug-likeness (QED) is 0.468. The van der Waals surface area contributed by atoms with Crippen LogP contribution in [0.4, 0.5) is 5.82 Å². The van der Waals surface area contributed by atoms with Gasteiger partial charge in [-0.25, -0.2) is 4.98 Å². The number of nitrogens with one attached hydrogen (secondary N) is 1. The molecule has 2 unspecified atom stereocenters. The number of aliphatic carboxylic acids is 1. The Morgan fingerprint density at radius 3 is 2.63 bits per heavy atom. The normalized spacial score (nSPS) is 18.8. The van der Waals surface area contributed by atoms with Crippen LogP contribution in [-0.4, -0.2) is 27.2 Å². The third kappa shape index (κ3) is 4.65. The van der Waals surface area contributed by atoms with Gasteiger partial charge in [0, 0.05) is 21.4 Å². The van der Waals surface area contributed by atoms with Crippen LogP contribution in [0.1, 0.15) is 37.5 Å². The molecule has 1 aliphatic carbocycles. The van der Waals surface area contributed by atoms with E-state index in [1.54, 1.807) is 23.5 Å². The average Bonchev–Trinajstić information content (AvgIpc) is 3.24. The van der Waals surface area contributed by atoms with Gasteiger partial charge in [0.25, 0.3) is 0 Å². The number of hydrogen-bond acceptors (Lipinski definition) is 5. The van der Waals surface area contributed by atoms with E-state index in [0.717, 1.165) is 48.3 Å². The molecule has 5 nitrogen and oxygen atoms in total. The summed E-state index contributed by atoms with van der Waals surface area (Å²) in [6.45, 7) is 2.15. The number of pyridine rings is 1. The first-order valence-electron chi connectivity index (χ1n) is 10.4. The summed E-state index contributed by atoms with van der Waals surface area (Å²) in [5.41, 5.74) is 2.84. The lowest BCUT2D eigenvalue weighted by molar-refractivity contribution is -0.142. The molecule has 3 aromatic rings. The molecule has 2 aromatic heterocycles. The highest BCUT2D eigenvalue weighted by atomic mass is 32.1. The molecule has 3 N–H and O–H groups in total. The number of hydrogen-bond donors (Lipinski definition) is 3. The van der Waals surface area contributed by atoms with Gasteiger partial charge in [-0.1, -0.05) is 13.3 Å². The Bertz CT molecular complexity index is 1030. The summed E-state index contributed by atoms with van der Waals surface area (Å²) in [6.07, 6.45) is 4.22. The fourth-order valence-corrected chi connectivity index (χ4v) is 4.94. The lowest BCUT2D eigenvalue weighted by Gasteiger charge is -2.28. The molecule has 1 fully saturated rings. The molecule has 1 aliphatic rings. The molecule has 0 saturated heterocycles. The van der Waals surface area contributed by atoms with Crippen LogP contribution in [0.5, 0.6) is 5.75 Å². The maximum absolute atomic E-state index is 11.4. The van der Waals surface area contributed by atoms with Crippen molar-refractivity contribution < 1.29 is 15.0 Å². The smallest absolute Gasteiger partial charge is 0.306 e. The number of thiophene rings is 1. The van der Waals surface area contributed by atoms with Gasteiger partial charge in [0.05, 0.1) is 11.6 Å². The SMILES string of the molecule is CCc1ccc(-c2cc(NC3CCCC(C(=O)O)C3)nc(-c3ccc(O)cc3)c2)s1.